The monoisotopic (exact) mass is 396 g/mol. The van der Waals surface area contributed by atoms with Gasteiger partial charge < -0.3 is 0 Å². The van der Waals surface area contributed by atoms with Crippen LogP contribution < -0.4 is 0 Å². The van der Waals surface area contributed by atoms with Gasteiger partial charge in [-0.05, 0) is 19.1 Å². The first-order valence-electron chi connectivity index (χ1n) is 7.65. The minimum absolute atomic E-state index is 0.0502. The van der Waals surface area contributed by atoms with Crippen molar-refractivity contribution >= 4 is 38.9 Å². The number of aryl methyl sites for hydroxylation is 1. The molecule has 0 atom stereocenters. The third-order valence-corrected chi connectivity index (χ3v) is 7.05. The van der Waals surface area contributed by atoms with E-state index in [2.05, 4.69) is 10.1 Å². The Balaban J connectivity index is 1.76. The highest BCUT2D eigenvalue weighted by Gasteiger charge is 2.32. The number of halogens is 2. The maximum absolute atomic E-state index is 13.0. The summed E-state index contributed by atoms with van der Waals surface area (Å²) in [6.07, 6.45) is 2.25. The predicted molar refractivity (Wildman–Crippen MR) is 95.5 cm³/mol. The molecule has 2 aromatic heterocycles. The van der Waals surface area contributed by atoms with E-state index < -0.39 is 10.0 Å². The summed E-state index contributed by atoms with van der Waals surface area (Å²) < 4.78 is 29.2. The number of benzene rings is 1. The first-order valence-corrected chi connectivity index (χ1v) is 9.85. The van der Waals surface area contributed by atoms with Crippen LogP contribution in [0.4, 0.5) is 0 Å². The fourth-order valence-corrected chi connectivity index (χ4v) is 5.60. The Kier molecular flexibility index (Phi) is 3.99. The van der Waals surface area contributed by atoms with E-state index >= 15 is 0 Å². The summed E-state index contributed by atoms with van der Waals surface area (Å²) in [5.74, 6) is 0. The van der Waals surface area contributed by atoms with Gasteiger partial charge in [-0.25, -0.2) is 17.9 Å². The van der Waals surface area contributed by atoms with Gasteiger partial charge in [-0.3, -0.25) is 0 Å². The summed E-state index contributed by atoms with van der Waals surface area (Å²) in [6, 6.07) is 6.56. The van der Waals surface area contributed by atoms with Crippen LogP contribution in [0.5, 0.6) is 0 Å². The van der Waals surface area contributed by atoms with Crippen LogP contribution in [0, 0.1) is 6.92 Å². The van der Waals surface area contributed by atoms with E-state index in [9.17, 15) is 8.42 Å². The van der Waals surface area contributed by atoms with Crippen molar-refractivity contribution in [3.63, 3.8) is 0 Å². The van der Waals surface area contributed by atoms with E-state index in [0.717, 1.165) is 22.6 Å². The molecular weight excluding hydrogens is 383 g/mol. The van der Waals surface area contributed by atoms with Crippen molar-refractivity contribution < 1.29 is 8.42 Å². The van der Waals surface area contributed by atoms with E-state index in [0.29, 0.717) is 13.0 Å². The van der Waals surface area contributed by atoms with E-state index in [1.807, 2.05) is 13.0 Å². The third-order valence-electron chi connectivity index (χ3n) is 4.25. The van der Waals surface area contributed by atoms with Crippen LogP contribution in [0.25, 0.3) is 5.65 Å². The first-order chi connectivity index (χ1) is 11.9. The van der Waals surface area contributed by atoms with Gasteiger partial charge in [0, 0.05) is 37.3 Å². The number of sulfonamides is 1. The summed E-state index contributed by atoms with van der Waals surface area (Å²) in [7, 11) is -3.80. The average molecular weight is 397 g/mol. The number of hydrogen-bond donors (Lipinski definition) is 0. The molecule has 4 rings (SSSR count). The van der Waals surface area contributed by atoms with Gasteiger partial charge in [0.1, 0.15) is 4.90 Å². The van der Waals surface area contributed by atoms with Gasteiger partial charge in [-0.2, -0.15) is 9.40 Å². The van der Waals surface area contributed by atoms with Crippen LogP contribution in [0.2, 0.25) is 10.0 Å². The van der Waals surface area contributed by atoms with Crippen molar-refractivity contribution in [2.24, 2.45) is 0 Å². The highest BCUT2D eigenvalue weighted by atomic mass is 35.5. The highest BCUT2D eigenvalue weighted by Crippen LogP contribution is 2.33. The first kappa shape index (κ1) is 16.8. The van der Waals surface area contributed by atoms with E-state index in [1.54, 1.807) is 16.8 Å². The average Bonchev–Trinajstić information content (AvgIpc) is 2.94. The Hall–Kier alpha value is -1.67. The summed E-state index contributed by atoms with van der Waals surface area (Å²) in [5.41, 5.74) is 3.45. The molecule has 0 saturated carbocycles. The zero-order valence-electron chi connectivity index (χ0n) is 13.3. The molecule has 0 fully saturated rings. The molecule has 0 spiro atoms. The molecule has 0 amide bonds. The Bertz CT molecular complexity index is 1070. The lowest BCUT2D eigenvalue weighted by Crippen LogP contribution is -2.37. The lowest BCUT2D eigenvalue weighted by atomic mass is 10.1. The molecule has 0 radical (unpaired) electrons. The molecule has 0 N–H and O–H groups in total. The van der Waals surface area contributed by atoms with Gasteiger partial charge in [-0.1, -0.05) is 29.3 Å². The number of fused-ring (bicyclic) bond motifs is 3. The van der Waals surface area contributed by atoms with Gasteiger partial charge in [0.25, 0.3) is 0 Å². The molecule has 0 aliphatic carbocycles. The second-order valence-corrected chi connectivity index (χ2v) is 8.61. The van der Waals surface area contributed by atoms with Crippen molar-refractivity contribution in [3.05, 3.63) is 57.5 Å². The molecule has 9 heteroatoms. The van der Waals surface area contributed by atoms with Crippen molar-refractivity contribution in [1.29, 1.82) is 0 Å². The van der Waals surface area contributed by atoms with Crippen LogP contribution in [-0.4, -0.2) is 33.9 Å². The van der Waals surface area contributed by atoms with Crippen LogP contribution in [-0.2, 0) is 23.0 Å². The Morgan fingerprint density at radius 1 is 1.20 bits per heavy atom. The Morgan fingerprint density at radius 3 is 2.64 bits per heavy atom. The predicted octanol–water partition coefficient (Wildman–Crippen LogP) is 3.09. The van der Waals surface area contributed by atoms with Crippen molar-refractivity contribution in [2.75, 3.05) is 6.54 Å². The molecule has 0 saturated heterocycles. The van der Waals surface area contributed by atoms with Crippen molar-refractivity contribution in [2.45, 2.75) is 24.8 Å². The van der Waals surface area contributed by atoms with E-state index in [1.165, 1.54) is 16.4 Å². The summed E-state index contributed by atoms with van der Waals surface area (Å²) in [5, 5.41) is 4.68. The molecular formula is C16H14Cl2N4O2S. The maximum atomic E-state index is 13.0. The largest absolute Gasteiger partial charge is 0.246 e. The SMILES string of the molecule is Cc1cc2ncc3c(n2n1)CCN(S(=O)(=O)c1c(Cl)cccc1Cl)C3. The molecule has 0 bridgehead atoms. The van der Waals surface area contributed by atoms with Gasteiger partial charge in [-0.15, -0.1) is 0 Å². The molecule has 3 heterocycles. The molecule has 0 unspecified atom stereocenters. The fraction of sp³-hybridized carbons (Fsp3) is 0.250. The molecule has 6 nitrogen and oxygen atoms in total. The minimum atomic E-state index is -3.80. The second-order valence-electron chi connectivity index (χ2n) is 5.93. The number of nitrogens with zero attached hydrogens (tertiary/aromatic N) is 4. The number of hydrogen-bond acceptors (Lipinski definition) is 4. The second kappa shape index (κ2) is 5.95. The Morgan fingerprint density at radius 2 is 1.92 bits per heavy atom. The lowest BCUT2D eigenvalue weighted by Gasteiger charge is -2.28. The highest BCUT2D eigenvalue weighted by molar-refractivity contribution is 7.89. The zero-order valence-corrected chi connectivity index (χ0v) is 15.6. The van der Waals surface area contributed by atoms with Crippen molar-refractivity contribution in [3.8, 4) is 0 Å². The van der Waals surface area contributed by atoms with Gasteiger partial charge in [0.05, 0.1) is 21.4 Å². The zero-order chi connectivity index (χ0) is 17.8. The maximum Gasteiger partial charge on any atom is 0.246 e. The van der Waals surface area contributed by atoms with Gasteiger partial charge >= 0.3 is 0 Å². The van der Waals surface area contributed by atoms with Crippen molar-refractivity contribution in [1.82, 2.24) is 18.9 Å². The third kappa shape index (κ3) is 2.71. The number of aromatic nitrogens is 3. The van der Waals surface area contributed by atoms with Crippen LogP contribution >= 0.6 is 23.2 Å². The normalized spacial score (nSPS) is 15.5. The summed E-state index contributed by atoms with van der Waals surface area (Å²) in [6.45, 7) is 2.44. The van der Waals surface area contributed by atoms with Gasteiger partial charge in [0.15, 0.2) is 5.65 Å². The standard InChI is InChI=1S/C16H14Cl2N4O2S/c1-10-7-15-19-8-11-9-21(6-5-14(11)22(15)20-10)25(23,24)16-12(17)3-2-4-13(16)18/h2-4,7-8H,5-6,9H2,1H3. The van der Waals surface area contributed by atoms with Crippen LogP contribution in [0.15, 0.2) is 35.4 Å². The number of rotatable bonds is 2. The quantitative estimate of drug-likeness (QED) is 0.667. The molecule has 3 aromatic rings. The fourth-order valence-electron chi connectivity index (χ4n) is 3.09. The van der Waals surface area contributed by atoms with Crippen LogP contribution in [0.1, 0.15) is 17.0 Å². The molecule has 1 aromatic carbocycles. The van der Waals surface area contributed by atoms with Gasteiger partial charge in [0.2, 0.25) is 10.0 Å². The summed E-state index contributed by atoms with van der Waals surface area (Å²) in [4.78, 5) is 4.32. The Labute approximate surface area is 155 Å². The smallest absolute Gasteiger partial charge is 0.237 e. The topological polar surface area (TPSA) is 67.6 Å². The molecule has 1 aliphatic rings. The minimum Gasteiger partial charge on any atom is -0.237 e. The lowest BCUT2D eigenvalue weighted by molar-refractivity contribution is 0.384. The van der Waals surface area contributed by atoms with E-state index in [-0.39, 0.29) is 21.5 Å². The molecule has 130 valence electrons. The van der Waals surface area contributed by atoms with E-state index in [4.69, 9.17) is 23.2 Å². The molecule has 25 heavy (non-hydrogen) atoms. The summed E-state index contributed by atoms with van der Waals surface area (Å²) >= 11 is 12.2. The van der Waals surface area contributed by atoms with Crippen LogP contribution in [0.3, 0.4) is 0 Å². The molecule has 1 aliphatic heterocycles.